The molecule has 1 N–H and O–H groups in total. The average Bonchev–Trinajstić information content (AvgIpc) is 2.99. The first-order valence-electron chi connectivity index (χ1n) is 13.4. The van der Waals surface area contributed by atoms with E-state index in [0.717, 1.165) is 5.56 Å². The highest BCUT2D eigenvalue weighted by Crippen LogP contribution is 2.17. The monoisotopic (exact) mass is 580 g/mol. The van der Waals surface area contributed by atoms with Crippen molar-refractivity contribution in [1.82, 2.24) is 5.32 Å². The molecule has 13 heteroatoms. The summed E-state index contributed by atoms with van der Waals surface area (Å²) in [4.78, 5) is 21.8. The fourth-order valence-electron chi connectivity index (χ4n) is 3.08. The lowest BCUT2D eigenvalue weighted by Gasteiger charge is -2.09. The minimum atomic E-state index is -0.477. The van der Waals surface area contributed by atoms with E-state index in [4.69, 9.17) is 37.9 Å². The van der Waals surface area contributed by atoms with E-state index in [1.807, 2.05) is 30.3 Å². The zero-order chi connectivity index (χ0) is 29.2. The molecule has 0 aliphatic rings. The largest absolute Gasteiger partial charge is 0.491 e. The molecule has 0 radical (unpaired) electrons. The Kier molecular flexibility index (Phi) is 19.3. The van der Waals surface area contributed by atoms with Gasteiger partial charge in [0.2, 0.25) is 0 Å². The maximum Gasteiger partial charge on any atom is 0.407 e. The lowest BCUT2D eigenvalue weighted by atomic mass is 10.2. The molecule has 2 aromatic rings. The number of ether oxygens (including phenoxy) is 8. The Morgan fingerprint density at radius 2 is 1.10 bits per heavy atom. The maximum atomic E-state index is 11.6. The van der Waals surface area contributed by atoms with Crippen LogP contribution < -0.4 is 10.1 Å². The molecule has 0 saturated carbocycles. The number of carbonyl (C=O) groups is 1. The Morgan fingerprint density at radius 1 is 0.634 bits per heavy atom. The highest BCUT2D eigenvalue weighted by atomic mass is 16.6. The smallest absolute Gasteiger partial charge is 0.407 e. The summed E-state index contributed by atoms with van der Waals surface area (Å²) < 4.78 is 43.1. The van der Waals surface area contributed by atoms with Gasteiger partial charge in [-0.15, -0.1) is 0 Å². The van der Waals surface area contributed by atoms with E-state index >= 15 is 0 Å². The summed E-state index contributed by atoms with van der Waals surface area (Å²) in [5, 5.41) is 13.2. The summed E-state index contributed by atoms with van der Waals surface area (Å²) in [7, 11) is 0. The molecule has 0 spiro atoms. The van der Waals surface area contributed by atoms with Gasteiger partial charge in [0.1, 0.15) is 19.0 Å². The standard InChI is InChI=1S/C28H40N2O11/c31-28(41-24-25-4-2-1-3-5-25)29-10-11-34-12-13-35-14-15-36-16-17-37-18-19-38-20-21-39-22-23-40-27-8-6-26(7-9-27)30(32)33/h1-9H,10-24H2,(H,29,31). The zero-order valence-electron chi connectivity index (χ0n) is 23.2. The minimum absolute atomic E-state index is 0.0222. The van der Waals surface area contributed by atoms with Crippen molar-refractivity contribution >= 4 is 11.8 Å². The molecule has 0 bridgehead atoms. The Balaban J connectivity index is 1.22. The first kappa shape index (κ1) is 33.9. The molecular formula is C28H40N2O11. The van der Waals surface area contributed by atoms with Crippen molar-refractivity contribution in [3.63, 3.8) is 0 Å². The van der Waals surface area contributed by atoms with Crippen molar-refractivity contribution in [1.29, 1.82) is 0 Å². The fourth-order valence-corrected chi connectivity index (χ4v) is 3.08. The molecule has 13 nitrogen and oxygen atoms in total. The zero-order valence-corrected chi connectivity index (χ0v) is 23.2. The van der Waals surface area contributed by atoms with Crippen LogP contribution >= 0.6 is 0 Å². The van der Waals surface area contributed by atoms with Crippen molar-refractivity contribution in [2.24, 2.45) is 0 Å². The number of non-ortho nitro benzene ring substituents is 1. The van der Waals surface area contributed by atoms with Gasteiger partial charge in [0.05, 0.1) is 84.2 Å². The molecule has 1 amide bonds. The number of amides is 1. The lowest BCUT2D eigenvalue weighted by molar-refractivity contribution is -0.384. The van der Waals surface area contributed by atoms with E-state index in [1.165, 1.54) is 12.1 Å². The summed E-state index contributed by atoms with van der Waals surface area (Å²) in [6.45, 7) is 6.16. The fraction of sp³-hybridized carbons (Fsp3) is 0.536. The number of carbonyl (C=O) groups excluding carboxylic acids is 1. The van der Waals surface area contributed by atoms with Crippen LogP contribution in [0.25, 0.3) is 0 Å². The molecule has 41 heavy (non-hydrogen) atoms. The van der Waals surface area contributed by atoms with Crippen LogP contribution in [0, 0.1) is 10.1 Å². The number of nitro groups is 1. The minimum Gasteiger partial charge on any atom is -0.491 e. The van der Waals surface area contributed by atoms with Gasteiger partial charge < -0.3 is 43.2 Å². The summed E-state index contributed by atoms with van der Waals surface area (Å²) in [6.07, 6.45) is -0.477. The van der Waals surface area contributed by atoms with Gasteiger partial charge in [0.25, 0.3) is 5.69 Å². The van der Waals surface area contributed by atoms with Crippen LogP contribution in [0.4, 0.5) is 10.5 Å². The molecular weight excluding hydrogens is 540 g/mol. The molecule has 0 saturated heterocycles. The van der Waals surface area contributed by atoms with Crippen LogP contribution in [0.2, 0.25) is 0 Å². The van der Waals surface area contributed by atoms with E-state index in [2.05, 4.69) is 5.32 Å². The number of nitro benzene ring substituents is 1. The van der Waals surface area contributed by atoms with Crippen molar-refractivity contribution in [3.05, 3.63) is 70.3 Å². The van der Waals surface area contributed by atoms with Crippen molar-refractivity contribution in [2.75, 3.05) is 92.4 Å². The van der Waals surface area contributed by atoms with E-state index in [-0.39, 0.29) is 12.3 Å². The Morgan fingerprint density at radius 3 is 1.59 bits per heavy atom. The van der Waals surface area contributed by atoms with Gasteiger partial charge in [0, 0.05) is 18.7 Å². The van der Waals surface area contributed by atoms with Gasteiger partial charge >= 0.3 is 6.09 Å². The predicted octanol–water partition coefficient (Wildman–Crippen LogP) is 3.00. The number of hydrogen-bond acceptors (Lipinski definition) is 11. The average molecular weight is 581 g/mol. The SMILES string of the molecule is O=C(NCCOCCOCCOCCOCCOCCOCCOc1ccc([N+](=O)[O-])cc1)OCc1ccccc1. The molecule has 0 aliphatic heterocycles. The predicted molar refractivity (Wildman–Crippen MR) is 148 cm³/mol. The lowest BCUT2D eigenvalue weighted by Crippen LogP contribution is -2.28. The summed E-state index contributed by atoms with van der Waals surface area (Å²) in [5.41, 5.74) is 0.954. The molecule has 0 unspecified atom stereocenters. The Labute approximate surface area is 240 Å². The maximum absolute atomic E-state index is 11.6. The van der Waals surface area contributed by atoms with Crippen LogP contribution in [-0.2, 0) is 39.8 Å². The normalized spacial score (nSPS) is 10.8. The first-order valence-corrected chi connectivity index (χ1v) is 13.4. The highest BCUT2D eigenvalue weighted by Gasteiger charge is 2.04. The molecule has 0 aliphatic carbocycles. The number of nitrogens with zero attached hydrogens (tertiary/aromatic N) is 1. The van der Waals surface area contributed by atoms with Gasteiger partial charge in [-0.1, -0.05) is 30.3 Å². The quantitative estimate of drug-likeness (QED) is 0.105. The molecule has 228 valence electrons. The van der Waals surface area contributed by atoms with Crippen LogP contribution in [0.5, 0.6) is 5.75 Å². The van der Waals surface area contributed by atoms with E-state index in [0.29, 0.717) is 98.2 Å². The van der Waals surface area contributed by atoms with E-state index < -0.39 is 11.0 Å². The van der Waals surface area contributed by atoms with Crippen molar-refractivity contribution in [2.45, 2.75) is 6.61 Å². The number of alkyl carbamates (subject to hydrolysis) is 1. The third-order valence-corrected chi connectivity index (χ3v) is 5.13. The van der Waals surface area contributed by atoms with E-state index in [1.54, 1.807) is 12.1 Å². The van der Waals surface area contributed by atoms with Crippen LogP contribution in [-0.4, -0.2) is 103 Å². The Hall–Kier alpha value is -3.33. The third-order valence-electron chi connectivity index (χ3n) is 5.13. The topological polar surface area (TPSA) is 146 Å². The summed E-state index contributed by atoms with van der Waals surface area (Å²) in [6, 6.07) is 15.4. The molecule has 0 heterocycles. The van der Waals surface area contributed by atoms with Gasteiger partial charge in [0.15, 0.2) is 0 Å². The first-order chi connectivity index (χ1) is 20.1. The number of nitrogens with one attached hydrogen (secondary N) is 1. The molecule has 0 aromatic heterocycles. The van der Waals surface area contributed by atoms with Crippen LogP contribution in [0.15, 0.2) is 54.6 Å². The number of rotatable bonds is 25. The number of benzene rings is 2. The van der Waals surface area contributed by atoms with Crippen molar-refractivity contribution in [3.8, 4) is 5.75 Å². The molecule has 2 rings (SSSR count). The van der Waals surface area contributed by atoms with Crippen LogP contribution in [0.3, 0.4) is 0 Å². The summed E-state index contributed by atoms with van der Waals surface area (Å²) >= 11 is 0. The van der Waals surface area contributed by atoms with E-state index in [9.17, 15) is 14.9 Å². The van der Waals surface area contributed by atoms with Gasteiger partial charge in [-0.05, 0) is 17.7 Å². The summed E-state index contributed by atoms with van der Waals surface area (Å²) in [5.74, 6) is 0.552. The molecule has 0 atom stereocenters. The van der Waals surface area contributed by atoms with Gasteiger partial charge in [-0.3, -0.25) is 10.1 Å². The van der Waals surface area contributed by atoms with Crippen LogP contribution in [0.1, 0.15) is 5.56 Å². The third kappa shape index (κ3) is 18.6. The molecule has 2 aromatic carbocycles. The second kappa shape index (κ2) is 23.4. The van der Waals surface area contributed by atoms with Gasteiger partial charge in [-0.25, -0.2) is 4.79 Å². The Bertz CT molecular complexity index is 932. The van der Waals surface area contributed by atoms with Crippen molar-refractivity contribution < 1.29 is 47.6 Å². The number of hydrogen-bond donors (Lipinski definition) is 1. The highest BCUT2D eigenvalue weighted by molar-refractivity contribution is 5.67. The molecule has 0 fully saturated rings. The second-order valence-corrected chi connectivity index (χ2v) is 8.26. The second-order valence-electron chi connectivity index (χ2n) is 8.26. The van der Waals surface area contributed by atoms with Gasteiger partial charge in [-0.2, -0.15) is 0 Å².